The molecule has 0 fully saturated rings. The standard InChI is InChI=1S/C10H17BrN2O2S3/c1-12-7-8-6-9(10(11)17-8)18(14,15)13(2)4-5-16-3/h6,12H,4-5,7H2,1-3H3. The molecule has 1 aromatic rings. The van der Waals surface area contributed by atoms with E-state index in [1.807, 2.05) is 13.3 Å². The number of rotatable bonds is 7. The van der Waals surface area contributed by atoms with Gasteiger partial charge >= 0.3 is 0 Å². The van der Waals surface area contributed by atoms with Gasteiger partial charge in [-0.3, -0.25) is 0 Å². The molecule has 0 atom stereocenters. The monoisotopic (exact) mass is 372 g/mol. The van der Waals surface area contributed by atoms with Crippen LogP contribution >= 0.6 is 39.0 Å². The first kappa shape index (κ1) is 16.5. The molecule has 0 spiro atoms. The maximum Gasteiger partial charge on any atom is 0.244 e. The Bertz CT molecular complexity index is 487. The summed E-state index contributed by atoms with van der Waals surface area (Å²) < 4.78 is 26.8. The Hall–Kier alpha value is 0.400. The van der Waals surface area contributed by atoms with Crippen molar-refractivity contribution in [2.24, 2.45) is 0 Å². The fourth-order valence-corrected chi connectivity index (χ4v) is 5.73. The number of nitrogens with zero attached hydrogens (tertiary/aromatic N) is 1. The number of hydrogen-bond acceptors (Lipinski definition) is 5. The molecule has 104 valence electrons. The summed E-state index contributed by atoms with van der Waals surface area (Å²) in [5, 5.41) is 3.02. The summed E-state index contributed by atoms with van der Waals surface area (Å²) in [7, 11) is 0.0745. The Morgan fingerprint density at radius 3 is 2.78 bits per heavy atom. The molecule has 0 aliphatic heterocycles. The molecule has 0 radical (unpaired) electrons. The first-order valence-electron chi connectivity index (χ1n) is 5.31. The molecule has 0 aliphatic rings. The lowest BCUT2D eigenvalue weighted by Gasteiger charge is -2.15. The summed E-state index contributed by atoms with van der Waals surface area (Å²) in [5.41, 5.74) is 0. The number of thiophene rings is 1. The van der Waals surface area contributed by atoms with Crippen molar-refractivity contribution in [1.82, 2.24) is 9.62 Å². The van der Waals surface area contributed by atoms with E-state index in [9.17, 15) is 8.42 Å². The van der Waals surface area contributed by atoms with E-state index in [4.69, 9.17) is 0 Å². The quantitative estimate of drug-likeness (QED) is 0.796. The van der Waals surface area contributed by atoms with E-state index in [0.717, 1.165) is 10.6 Å². The van der Waals surface area contributed by atoms with Gasteiger partial charge in [0.25, 0.3) is 0 Å². The van der Waals surface area contributed by atoms with E-state index in [1.54, 1.807) is 24.9 Å². The molecule has 8 heteroatoms. The van der Waals surface area contributed by atoms with Crippen molar-refractivity contribution < 1.29 is 8.42 Å². The minimum atomic E-state index is -3.38. The number of thioether (sulfide) groups is 1. The first-order valence-corrected chi connectivity index (χ1v) is 9.76. The Morgan fingerprint density at radius 1 is 1.56 bits per heavy atom. The topological polar surface area (TPSA) is 49.4 Å². The zero-order valence-corrected chi connectivity index (χ0v) is 14.6. The summed E-state index contributed by atoms with van der Waals surface area (Å²) >= 11 is 6.42. The summed E-state index contributed by atoms with van der Waals surface area (Å²) in [6, 6.07) is 1.73. The molecule has 4 nitrogen and oxygen atoms in total. The van der Waals surface area contributed by atoms with Crippen LogP contribution in [0.3, 0.4) is 0 Å². The van der Waals surface area contributed by atoms with E-state index in [2.05, 4.69) is 21.2 Å². The molecular formula is C10H17BrN2O2S3. The van der Waals surface area contributed by atoms with Gasteiger partial charge in [0.05, 0.1) is 3.79 Å². The average Bonchev–Trinajstić information content (AvgIpc) is 2.68. The average molecular weight is 373 g/mol. The van der Waals surface area contributed by atoms with Crippen LogP contribution in [0.4, 0.5) is 0 Å². The fraction of sp³-hybridized carbons (Fsp3) is 0.600. The van der Waals surface area contributed by atoms with Gasteiger partial charge in [-0.05, 0) is 35.3 Å². The Balaban J connectivity index is 2.97. The highest BCUT2D eigenvalue weighted by Gasteiger charge is 2.25. The highest BCUT2D eigenvalue weighted by atomic mass is 79.9. The molecule has 1 N–H and O–H groups in total. The lowest BCUT2D eigenvalue weighted by Crippen LogP contribution is -2.29. The molecule has 0 aliphatic carbocycles. The predicted octanol–water partition coefficient (Wildman–Crippen LogP) is 2.21. The predicted molar refractivity (Wildman–Crippen MR) is 83.0 cm³/mol. The van der Waals surface area contributed by atoms with Crippen molar-refractivity contribution in [2.75, 3.05) is 32.6 Å². The zero-order chi connectivity index (χ0) is 13.8. The van der Waals surface area contributed by atoms with Gasteiger partial charge in [-0.2, -0.15) is 11.8 Å². The minimum Gasteiger partial charge on any atom is -0.315 e. The third-order valence-electron chi connectivity index (χ3n) is 2.36. The van der Waals surface area contributed by atoms with E-state index in [0.29, 0.717) is 21.8 Å². The largest absolute Gasteiger partial charge is 0.315 e. The van der Waals surface area contributed by atoms with Crippen molar-refractivity contribution in [3.05, 3.63) is 14.7 Å². The third kappa shape index (κ3) is 3.94. The first-order chi connectivity index (χ1) is 8.43. The summed E-state index contributed by atoms with van der Waals surface area (Å²) in [4.78, 5) is 1.36. The second-order valence-corrected chi connectivity index (χ2v) is 9.15. The van der Waals surface area contributed by atoms with Crippen molar-refractivity contribution in [2.45, 2.75) is 11.4 Å². The second-order valence-electron chi connectivity index (χ2n) is 3.70. The second kappa shape index (κ2) is 7.25. The zero-order valence-electron chi connectivity index (χ0n) is 10.6. The molecule has 0 amide bonds. The SMILES string of the molecule is CNCc1cc(S(=O)(=O)N(C)CCSC)c(Br)s1. The number of sulfonamides is 1. The van der Waals surface area contributed by atoms with Crippen molar-refractivity contribution in [3.63, 3.8) is 0 Å². The van der Waals surface area contributed by atoms with Gasteiger partial charge < -0.3 is 5.32 Å². The van der Waals surface area contributed by atoms with E-state index < -0.39 is 10.0 Å². The lowest BCUT2D eigenvalue weighted by atomic mass is 10.5. The number of nitrogens with one attached hydrogen (secondary N) is 1. The molecule has 0 saturated heterocycles. The van der Waals surface area contributed by atoms with Gasteiger partial charge in [0, 0.05) is 30.8 Å². The summed E-state index contributed by atoms with van der Waals surface area (Å²) in [6.45, 7) is 1.19. The van der Waals surface area contributed by atoms with E-state index in [1.165, 1.54) is 15.6 Å². The molecule has 0 unspecified atom stereocenters. The molecule has 18 heavy (non-hydrogen) atoms. The molecule has 1 aromatic heterocycles. The van der Waals surface area contributed by atoms with E-state index >= 15 is 0 Å². The summed E-state index contributed by atoms with van der Waals surface area (Å²) in [5.74, 6) is 0.793. The number of hydrogen-bond donors (Lipinski definition) is 1. The molecular weight excluding hydrogens is 356 g/mol. The van der Waals surface area contributed by atoms with Gasteiger partial charge in [-0.25, -0.2) is 12.7 Å². The third-order valence-corrected chi connectivity index (χ3v) is 7.06. The van der Waals surface area contributed by atoms with Crippen molar-refractivity contribution >= 4 is 49.1 Å². The fourth-order valence-electron chi connectivity index (χ4n) is 1.34. The Morgan fingerprint density at radius 2 is 2.22 bits per heavy atom. The van der Waals surface area contributed by atoms with E-state index in [-0.39, 0.29) is 0 Å². The highest BCUT2D eigenvalue weighted by Crippen LogP contribution is 2.33. The van der Waals surface area contributed by atoms with Crippen LogP contribution < -0.4 is 5.32 Å². The number of halogens is 1. The Labute approximate surface area is 125 Å². The maximum atomic E-state index is 12.3. The van der Waals surface area contributed by atoms with Crippen LogP contribution in [0.15, 0.2) is 14.7 Å². The molecule has 0 aromatic carbocycles. The molecule has 0 saturated carbocycles. The smallest absolute Gasteiger partial charge is 0.244 e. The van der Waals surface area contributed by atoms with Crippen LogP contribution in [-0.4, -0.2) is 45.4 Å². The van der Waals surface area contributed by atoms with Crippen LogP contribution in [0.25, 0.3) is 0 Å². The van der Waals surface area contributed by atoms with Crippen LogP contribution in [0, 0.1) is 0 Å². The normalized spacial score (nSPS) is 12.3. The van der Waals surface area contributed by atoms with Gasteiger partial charge in [0.1, 0.15) is 4.90 Å². The van der Waals surface area contributed by atoms with Gasteiger partial charge in [-0.15, -0.1) is 11.3 Å². The van der Waals surface area contributed by atoms with Crippen LogP contribution in [0.1, 0.15) is 4.88 Å². The molecule has 0 bridgehead atoms. The van der Waals surface area contributed by atoms with Gasteiger partial charge in [0.2, 0.25) is 10.0 Å². The lowest BCUT2D eigenvalue weighted by molar-refractivity contribution is 0.488. The highest BCUT2D eigenvalue weighted by molar-refractivity contribution is 9.11. The summed E-state index contributed by atoms with van der Waals surface area (Å²) in [6.07, 6.45) is 1.96. The van der Waals surface area contributed by atoms with Crippen LogP contribution in [0.2, 0.25) is 0 Å². The van der Waals surface area contributed by atoms with Crippen LogP contribution in [-0.2, 0) is 16.6 Å². The molecule has 1 heterocycles. The minimum absolute atomic E-state index is 0.362. The van der Waals surface area contributed by atoms with Gasteiger partial charge in [-0.1, -0.05) is 0 Å². The Kier molecular flexibility index (Phi) is 6.63. The van der Waals surface area contributed by atoms with Crippen LogP contribution in [0.5, 0.6) is 0 Å². The van der Waals surface area contributed by atoms with Crippen molar-refractivity contribution in [3.8, 4) is 0 Å². The van der Waals surface area contributed by atoms with Gasteiger partial charge in [0.15, 0.2) is 0 Å². The van der Waals surface area contributed by atoms with Crippen molar-refractivity contribution in [1.29, 1.82) is 0 Å². The molecule has 1 rings (SSSR count). The maximum absolute atomic E-state index is 12.3.